The van der Waals surface area contributed by atoms with Crippen LogP contribution >= 0.6 is 0 Å². The summed E-state index contributed by atoms with van der Waals surface area (Å²) in [6.45, 7) is 7.37. The maximum atomic E-state index is 11.3. The van der Waals surface area contributed by atoms with Gasteiger partial charge >= 0.3 is 0 Å². The second kappa shape index (κ2) is 7.67. The van der Waals surface area contributed by atoms with E-state index in [-0.39, 0.29) is 11.9 Å². The Bertz CT molecular complexity index is 233. The Morgan fingerprint density at radius 2 is 2.29 bits per heavy atom. The van der Waals surface area contributed by atoms with Crippen LogP contribution < -0.4 is 11.1 Å². The van der Waals surface area contributed by atoms with Crippen LogP contribution in [-0.2, 0) is 4.79 Å². The number of amides is 1. The van der Waals surface area contributed by atoms with Gasteiger partial charge in [0.05, 0.1) is 6.04 Å². The molecule has 0 aromatic carbocycles. The topological polar surface area (TPSA) is 58.4 Å². The van der Waals surface area contributed by atoms with Crippen LogP contribution in [0.5, 0.6) is 0 Å². The van der Waals surface area contributed by atoms with E-state index in [1.807, 2.05) is 0 Å². The van der Waals surface area contributed by atoms with E-state index in [0.717, 1.165) is 32.0 Å². The van der Waals surface area contributed by atoms with Gasteiger partial charge in [0.2, 0.25) is 5.91 Å². The van der Waals surface area contributed by atoms with Crippen molar-refractivity contribution in [1.82, 2.24) is 10.2 Å². The zero-order valence-corrected chi connectivity index (χ0v) is 11.2. The van der Waals surface area contributed by atoms with Crippen molar-refractivity contribution in [2.75, 3.05) is 19.6 Å². The van der Waals surface area contributed by atoms with Crippen molar-refractivity contribution in [2.45, 2.75) is 58.0 Å². The molecule has 1 saturated heterocycles. The van der Waals surface area contributed by atoms with Crippen molar-refractivity contribution in [1.29, 1.82) is 0 Å². The molecule has 3 N–H and O–H groups in total. The molecule has 1 rings (SSSR count). The van der Waals surface area contributed by atoms with E-state index in [9.17, 15) is 4.79 Å². The number of carbonyl (C=O) groups excluding carboxylic acids is 1. The molecule has 2 unspecified atom stereocenters. The molecule has 100 valence electrons. The molecule has 1 fully saturated rings. The first-order valence-electron chi connectivity index (χ1n) is 6.95. The van der Waals surface area contributed by atoms with Gasteiger partial charge in [-0.15, -0.1) is 0 Å². The first kappa shape index (κ1) is 14.5. The van der Waals surface area contributed by atoms with E-state index in [4.69, 9.17) is 5.73 Å². The van der Waals surface area contributed by atoms with Gasteiger partial charge in [-0.25, -0.2) is 0 Å². The summed E-state index contributed by atoms with van der Waals surface area (Å²) >= 11 is 0. The number of nitrogens with one attached hydrogen (secondary N) is 1. The maximum Gasteiger partial charge on any atom is 0.234 e. The molecule has 0 aromatic heterocycles. The molecule has 1 amide bonds. The van der Waals surface area contributed by atoms with Crippen molar-refractivity contribution in [3.8, 4) is 0 Å². The summed E-state index contributed by atoms with van der Waals surface area (Å²) < 4.78 is 0. The minimum absolute atomic E-state index is 0.159. The molecule has 17 heavy (non-hydrogen) atoms. The summed E-state index contributed by atoms with van der Waals surface area (Å²) in [4.78, 5) is 13.8. The summed E-state index contributed by atoms with van der Waals surface area (Å²) in [5.74, 6) is -0.217. The third kappa shape index (κ3) is 4.64. The Kier molecular flexibility index (Phi) is 6.52. The Hall–Kier alpha value is -0.610. The van der Waals surface area contributed by atoms with Crippen LogP contribution in [0.1, 0.15) is 46.0 Å². The average molecular weight is 241 g/mol. The highest BCUT2D eigenvalue weighted by Gasteiger charge is 2.24. The Morgan fingerprint density at radius 3 is 2.88 bits per heavy atom. The molecular weight excluding hydrogens is 214 g/mol. The molecular formula is C13H27N3O. The highest BCUT2D eigenvalue weighted by Crippen LogP contribution is 2.19. The minimum Gasteiger partial charge on any atom is -0.368 e. The van der Waals surface area contributed by atoms with Gasteiger partial charge in [0.25, 0.3) is 0 Å². The average Bonchev–Trinajstić information content (AvgIpc) is 2.76. The Balaban J connectivity index is 2.32. The molecule has 1 aliphatic rings. The standard InChI is InChI=1S/C13H27N3O/c1-3-8-15-12(13(14)17)7-10-16-9-5-6-11(16)4-2/h11-12,15H,3-10H2,1-2H3,(H2,14,17). The molecule has 0 bridgehead atoms. The number of hydrogen-bond donors (Lipinski definition) is 2. The van der Waals surface area contributed by atoms with Gasteiger partial charge in [-0.1, -0.05) is 13.8 Å². The van der Waals surface area contributed by atoms with Crippen molar-refractivity contribution >= 4 is 5.91 Å². The highest BCUT2D eigenvalue weighted by atomic mass is 16.1. The predicted octanol–water partition coefficient (Wildman–Crippen LogP) is 1.10. The first-order chi connectivity index (χ1) is 8.19. The number of nitrogens with zero attached hydrogens (tertiary/aromatic N) is 1. The first-order valence-corrected chi connectivity index (χ1v) is 6.95. The van der Waals surface area contributed by atoms with Gasteiger partial charge in [0, 0.05) is 12.6 Å². The van der Waals surface area contributed by atoms with Crippen LogP contribution in [0.2, 0.25) is 0 Å². The predicted molar refractivity (Wildman–Crippen MR) is 70.8 cm³/mol. The highest BCUT2D eigenvalue weighted by molar-refractivity contribution is 5.79. The second-order valence-corrected chi connectivity index (χ2v) is 4.94. The SMILES string of the molecule is CCCNC(CCN1CCCC1CC)C(N)=O. The van der Waals surface area contributed by atoms with Crippen molar-refractivity contribution in [2.24, 2.45) is 5.73 Å². The van der Waals surface area contributed by atoms with Gasteiger partial charge in [0.1, 0.15) is 0 Å². The van der Waals surface area contributed by atoms with Crippen LogP contribution in [-0.4, -0.2) is 42.5 Å². The van der Waals surface area contributed by atoms with Crippen molar-refractivity contribution in [3.63, 3.8) is 0 Å². The third-order valence-corrected chi connectivity index (χ3v) is 3.66. The molecule has 4 nitrogen and oxygen atoms in total. The van der Waals surface area contributed by atoms with E-state index in [1.165, 1.54) is 25.8 Å². The molecule has 4 heteroatoms. The number of rotatable bonds is 8. The molecule has 0 saturated carbocycles. The smallest absolute Gasteiger partial charge is 0.234 e. The van der Waals surface area contributed by atoms with Crippen LogP contribution in [0.25, 0.3) is 0 Å². The fourth-order valence-electron chi connectivity index (χ4n) is 2.61. The fraction of sp³-hybridized carbons (Fsp3) is 0.923. The number of primary amides is 1. The minimum atomic E-state index is -0.217. The fourth-order valence-corrected chi connectivity index (χ4v) is 2.61. The lowest BCUT2D eigenvalue weighted by Crippen LogP contribution is -2.44. The quantitative estimate of drug-likeness (QED) is 0.669. The van der Waals surface area contributed by atoms with Crippen LogP contribution in [0.4, 0.5) is 0 Å². The van der Waals surface area contributed by atoms with E-state index in [2.05, 4.69) is 24.1 Å². The Morgan fingerprint density at radius 1 is 1.53 bits per heavy atom. The third-order valence-electron chi connectivity index (χ3n) is 3.66. The molecule has 1 aliphatic heterocycles. The normalized spacial score (nSPS) is 22.8. The van der Waals surface area contributed by atoms with Crippen molar-refractivity contribution < 1.29 is 4.79 Å². The lowest BCUT2D eigenvalue weighted by Gasteiger charge is -2.25. The second-order valence-electron chi connectivity index (χ2n) is 4.94. The lowest BCUT2D eigenvalue weighted by atomic mass is 10.1. The molecule has 0 radical (unpaired) electrons. The van der Waals surface area contributed by atoms with Gasteiger partial charge < -0.3 is 16.0 Å². The monoisotopic (exact) mass is 241 g/mol. The molecule has 0 aliphatic carbocycles. The number of nitrogens with two attached hydrogens (primary N) is 1. The maximum absolute atomic E-state index is 11.3. The van der Waals surface area contributed by atoms with E-state index in [1.54, 1.807) is 0 Å². The largest absolute Gasteiger partial charge is 0.368 e. The van der Waals surface area contributed by atoms with Crippen LogP contribution in [0.3, 0.4) is 0 Å². The van der Waals surface area contributed by atoms with Crippen molar-refractivity contribution in [3.05, 3.63) is 0 Å². The van der Waals surface area contributed by atoms with Gasteiger partial charge in [-0.3, -0.25) is 4.79 Å². The molecule has 1 heterocycles. The number of hydrogen-bond acceptors (Lipinski definition) is 3. The molecule has 2 atom stereocenters. The molecule has 0 spiro atoms. The van der Waals surface area contributed by atoms with Gasteiger partial charge in [0.15, 0.2) is 0 Å². The zero-order chi connectivity index (χ0) is 12.7. The van der Waals surface area contributed by atoms with Crippen LogP contribution in [0.15, 0.2) is 0 Å². The summed E-state index contributed by atoms with van der Waals surface area (Å²) in [5.41, 5.74) is 5.41. The number of likely N-dealkylation sites (tertiary alicyclic amines) is 1. The lowest BCUT2D eigenvalue weighted by molar-refractivity contribution is -0.120. The van der Waals surface area contributed by atoms with Gasteiger partial charge in [-0.05, 0) is 45.2 Å². The summed E-state index contributed by atoms with van der Waals surface area (Å²) in [7, 11) is 0. The van der Waals surface area contributed by atoms with E-state index < -0.39 is 0 Å². The zero-order valence-electron chi connectivity index (χ0n) is 11.2. The summed E-state index contributed by atoms with van der Waals surface area (Å²) in [6.07, 6.45) is 5.68. The summed E-state index contributed by atoms with van der Waals surface area (Å²) in [5, 5.41) is 3.22. The Labute approximate surface area is 105 Å². The van der Waals surface area contributed by atoms with Gasteiger partial charge in [-0.2, -0.15) is 0 Å². The van der Waals surface area contributed by atoms with E-state index >= 15 is 0 Å². The van der Waals surface area contributed by atoms with Crippen LogP contribution in [0, 0.1) is 0 Å². The summed E-state index contributed by atoms with van der Waals surface area (Å²) in [6, 6.07) is 0.558. The number of carbonyl (C=O) groups is 1. The molecule has 0 aromatic rings. The van der Waals surface area contributed by atoms with E-state index in [0.29, 0.717) is 0 Å².